The Morgan fingerprint density at radius 2 is 2.19 bits per heavy atom. The summed E-state index contributed by atoms with van der Waals surface area (Å²) in [5, 5.41) is 4.44. The van der Waals surface area contributed by atoms with Crippen LogP contribution in [0.1, 0.15) is 30.3 Å². The number of rotatable bonds is 2. The van der Waals surface area contributed by atoms with Gasteiger partial charge in [0.25, 0.3) is 0 Å². The number of aromatic nitrogens is 2. The molecule has 86 valence electrons. The molecule has 1 rings (SSSR count). The van der Waals surface area contributed by atoms with E-state index >= 15 is 0 Å². The molecule has 0 unspecified atom stereocenters. The van der Waals surface area contributed by atoms with Gasteiger partial charge in [-0.3, -0.25) is 9.48 Å². The molecule has 0 aliphatic heterocycles. The van der Waals surface area contributed by atoms with Crippen LogP contribution in [0.5, 0.6) is 0 Å². The van der Waals surface area contributed by atoms with Crippen LogP contribution in [0.3, 0.4) is 0 Å². The summed E-state index contributed by atoms with van der Waals surface area (Å²) in [4.78, 5) is 10.7. The molecule has 0 saturated carbocycles. The summed E-state index contributed by atoms with van der Waals surface area (Å²) in [5.74, 6) is 6.96. The van der Waals surface area contributed by atoms with E-state index in [2.05, 4.69) is 16.9 Å². The lowest BCUT2D eigenvalue weighted by molar-refractivity contribution is -0.109. The van der Waals surface area contributed by atoms with Crippen molar-refractivity contribution in [3.8, 4) is 11.8 Å². The van der Waals surface area contributed by atoms with Crippen LogP contribution in [0.15, 0.2) is 0 Å². The van der Waals surface area contributed by atoms with Crippen molar-refractivity contribution in [1.82, 2.24) is 9.78 Å². The molecule has 3 nitrogen and oxygen atoms in total. The smallest absolute Gasteiger partial charge is 0.185 e. The van der Waals surface area contributed by atoms with E-state index in [0.717, 1.165) is 29.1 Å². The molecule has 1 aromatic rings. The van der Waals surface area contributed by atoms with Crippen LogP contribution < -0.4 is 0 Å². The Hall–Kier alpha value is -1.21. The standard InChI is InChI=1S/C12H16N2OS/c1-9-12(10(2)14(4)13-9)7-5-6-8-16-11(3)15/h6,8H2,1-4H3. The Morgan fingerprint density at radius 1 is 1.50 bits per heavy atom. The van der Waals surface area contributed by atoms with Crippen LogP contribution in [-0.4, -0.2) is 20.6 Å². The highest BCUT2D eigenvalue weighted by atomic mass is 32.2. The molecule has 0 saturated heterocycles. The fourth-order valence-corrected chi connectivity index (χ4v) is 1.84. The van der Waals surface area contributed by atoms with Crippen LogP contribution in [-0.2, 0) is 11.8 Å². The van der Waals surface area contributed by atoms with Crippen molar-refractivity contribution in [1.29, 1.82) is 0 Å². The predicted octanol–water partition coefficient (Wildman–Crippen LogP) is 2.06. The number of hydrogen-bond donors (Lipinski definition) is 0. The van der Waals surface area contributed by atoms with E-state index in [-0.39, 0.29) is 5.12 Å². The summed E-state index contributed by atoms with van der Waals surface area (Å²) in [5.41, 5.74) is 3.06. The highest BCUT2D eigenvalue weighted by Crippen LogP contribution is 2.10. The molecule has 0 amide bonds. The fraction of sp³-hybridized carbons (Fsp3) is 0.500. The predicted molar refractivity (Wildman–Crippen MR) is 67.3 cm³/mol. The van der Waals surface area contributed by atoms with Crippen LogP contribution in [0.2, 0.25) is 0 Å². The van der Waals surface area contributed by atoms with Crippen LogP contribution in [0.25, 0.3) is 0 Å². The molecule has 1 aromatic heterocycles. The van der Waals surface area contributed by atoms with E-state index in [1.807, 2.05) is 25.6 Å². The van der Waals surface area contributed by atoms with Gasteiger partial charge in [0.05, 0.1) is 17.0 Å². The number of carbonyl (C=O) groups is 1. The Labute approximate surface area is 101 Å². The van der Waals surface area contributed by atoms with Crippen molar-refractivity contribution in [3.05, 3.63) is 17.0 Å². The van der Waals surface area contributed by atoms with Gasteiger partial charge in [0.15, 0.2) is 5.12 Å². The topological polar surface area (TPSA) is 34.9 Å². The molecule has 0 radical (unpaired) electrons. The highest BCUT2D eigenvalue weighted by molar-refractivity contribution is 8.13. The Morgan fingerprint density at radius 3 is 2.69 bits per heavy atom. The van der Waals surface area contributed by atoms with E-state index in [1.165, 1.54) is 11.8 Å². The molecular formula is C12H16N2OS. The van der Waals surface area contributed by atoms with Gasteiger partial charge in [-0.2, -0.15) is 5.10 Å². The van der Waals surface area contributed by atoms with Gasteiger partial charge in [0.2, 0.25) is 0 Å². The number of nitrogens with zero attached hydrogens (tertiary/aromatic N) is 2. The molecule has 0 spiro atoms. The maximum Gasteiger partial charge on any atom is 0.185 e. The number of carbonyl (C=O) groups excluding carboxylic acids is 1. The Bertz CT molecular complexity index is 452. The molecule has 0 atom stereocenters. The van der Waals surface area contributed by atoms with Crippen molar-refractivity contribution < 1.29 is 4.79 Å². The lowest BCUT2D eigenvalue weighted by atomic mass is 10.2. The minimum absolute atomic E-state index is 0.149. The first-order chi connectivity index (χ1) is 7.52. The Kier molecular flexibility index (Phi) is 4.63. The van der Waals surface area contributed by atoms with Gasteiger partial charge in [-0.1, -0.05) is 23.6 Å². The number of aryl methyl sites for hydroxylation is 2. The van der Waals surface area contributed by atoms with Gasteiger partial charge in [-0.25, -0.2) is 0 Å². The third kappa shape index (κ3) is 3.42. The first kappa shape index (κ1) is 12.9. The molecule has 0 N–H and O–H groups in total. The van der Waals surface area contributed by atoms with Crippen molar-refractivity contribution >= 4 is 16.9 Å². The van der Waals surface area contributed by atoms with E-state index in [0.29, 0.717) is 0 Å². The molecule has 1 heterocycles. The second kappa shape index (κ2) is 5.76. The van der Waals surface area contributed by atoms with Crippen LogP contribution in [0.4, 0.5) is 0 Å². The summed E-state index contributed by atoms with van der Waals surface area (Å²) in [6.45, 7) is 5.54. The summed E-state index contributed by atoms with van der Waals surface area (Å²) in [6, 6.07) is 0. The SMILES string of the molecule is CC(=O)SCCC#Cc1c(C)nn(C)c1C. The molecule has 16 heavy (non-hydrogen) atoms. The Balaban J connectivity index is 2.60. The van der Waals surface area contributed by atoms with Gasteiger partial charge in [0, 0.05) is 26.1 Å². The first-order valence-corrected chi connectivity index (χ1v) is 6.13. The number of thioether (sulfide) groups is 1. The van der Waals surface area contributed by atoms with Crippen molar-refractivity contribution in [2.75, 3.05) is 5.75 Å². The summed E-state index contributed by atoms with van der Waals surface area (Å²) >= 11 is 1.32. The summed E-state index contributed by atoms with van der Waals surface area (Å²) in [6.07, 6.45) is 0.734. The van der Waals surface area contributed by atoms with Gasteiger partial charge < -0.3 is 0 Å². The maximum absolute atomic E-state index is 10.7. The zero-order chi connectivity index (χ0) is 12.1. The zero-order valence-corrected chi connectivity index (χ0v) is 10.9. The maximum atomic E-state index is 10.7. The van der Waals surface area contributed by atoms with Gasteiger partial charge in [-0.15, -0.1) is 0 Å². The zero-order valence-electron chi connectivity index (χ0n) is 10.1. The normalized spacial score (nSPS) is 9.75. The second-order valence-corrected chi connectivity index (χ2v) is 4.83. The first-order valence-electron chi connectivity index (χ1n) is 5.14. The third-order valence-corrected chi connectivity index (χ3v) is 3.07. The monoisotopic (exact) mass is 236 g/mol. The third-order valence-electron chi connectivity index (χ3n) is 2.25. The summed E-state index contributed by atoms with van der Waals surface area (Å²) < 4.78 is 1.84. The van der Waals surface area contributed by atoms with Crippen LogP contribution >= 0.6 is 11.8 Å². The summed E-state index contributed by atoms with van der Waals surface area (Å²) in [7, 11) is 1.92. The minimum Gasteiger partial charge on any atom is -0.288 e. The van der Waals surface area contributed by atoms with Gasteiger partial charge >= 0.3 is 0 Å². The molecule has 0 fully saturated rings. The van der Waals surface area contributed by atoms with Crippen molar-refractivity contribution in [2.24, 2.45) is 7.05 Å². The largest absolute Gasteiger partial charge is 0.288 e. The van der Waals surface area contributed by atoms with Crippen LogP contribution in [0, 0.1) is 25.7 Å². The number of hydrogen-bond acceptors (Lipinski definition) is 3. The van der Waals surface area contributed by atoms with E-state index in [1.54, 1.807) is 6.92 Å². The molecule has 0 bridgehead atoms. The second-order valence-electron chi connectivity index (χ2n) is 3.56. The minimum atomic E-state index is 0.149. The van der Waals surface area contributed by atoms with Crippen molar-refractivity contribution in [3.63, 3.8) is 0 Å². The van der Waals surface area contributed by atoms with E-state index < -0.39 is 0 Å². The fourth-order valence-electron chi connectivity index (χ4n) is 1.35. The lowest BCUT2D eigenvalue weighted by Crippen LogP contribution is -1.92. The van der Waals surface area contributed by atoms with Gasteiger partial charge in [-0.05, 0) is 13.8 Å². The van der Waals surface area contributed by atoms with E-state index in [4.69, 9.17) is 0 Å². The van der Waals surface area contributed by atoms with Gasteiger partial charge in [0.1, 0.15) is 0 Å². The highest BCUT2D eigenvalue weighted by Gasteiger charge is 2.05. The molecule has 0 aromatic carbocycles. The lowest BCUT2D eigenvalue weighted by Gasteiger charge is -1.92. The molecule has 0 aliphatic carbocycles. The average molecular weight is 236 g/mol. The van der Waals surface area contributed by atoms with Crippen molar-refractivity contribution in [2.45, 2.75) is 27.2 Å². The quantitative estimate of drug-likeness (QED) is 0.582. The molecule has 4 heteroatoms. The van der Waals surface area contributed by atoms with E-state index in [9.17, 15) is 4.79 Å². The molecular weight excluding hydrogens is 220 g/mol. The average Bonchev–Trinajstić information content (AvgIpc) is 2.43. The molecule has 0 aliphatic rings.